The van der Waals surface area contributed by atoms with E-state index in [0.717, 1.165) is 6.42 Å². The van der Waals surface area contributed by atoms with E-state index in [2.05, 4.69) is 5.32 Å². The Morgan fingerprint density at radius 2 is 2.25 bits per heavy atom. The van der Waals surface area contributed by atoms with E-state index in [1.54, 1.807) is 0 Å². The minimum absolute atomic E-state index is 0.0531. The molecule has 1 aliphatic heterocycles. The van der Waals surface area contributed by atoms with Crippen molar-refractivity contribution in [2.75, 3.05) is 13.2 Å². The predicted molar refractivity (Wildman–Crippen MR) is 64.0 cm³/mol. The van der Waals surface area contributed by atoms with Crippen LogP contribution in [0.4, 0.5) is 0 Å². The molecular formula is C12H24N2O2. The maximum atomic E-state index is 12.1. The Bertz CT molecular complexity index is 255. The molecule has 3 N–H and O–H groups in total. The highest BCUT2D eigenvalue weighted by molar-refractivity contribution is 5.80. The Balaban J connectivity index is 2.62. The fraction of sp³-hybridized carbons (Fsp3) is 0.917. The number of amides is 1. The van der Waals surface area contributed by atoms with Gasteiger partial charge in [-0.2, -0.15) is 0 Å². The van der Waals surface area contributed by atoms with Gasteiger partial charge in [-0.15, -0.1) is 0 Å². The largest absolute Gasteiger partial charge is 0.376 e. The number of carbonyl (C=O) groups is 1. The summed E-state index contributed by atoms with van der Waals surface area (Å²) in [6.45, 7) is 9.19. The second kappa shape index (κ2) is 5.15. The molecule has 0 bridgehead atoms. The molecule has 3 unspecified atom stereocenters. The van der Waals surface area contributed by atoms with Gasteiger partial charge >= 0.3 is 0 Å². The van der Waals surface area contributed by atoms with Crippen molar-refractivity contribution >= 4 is 5.91 Å². The number of nitrogens with one attached hydrogen (secondary N) is 1. The van der Waals surface area contributed by atoms with Gasteiger partial charge in [0.2, 0.25) is 5.91 Å². The first-order chi connectivity index (χ1) is 7.40. The van der Waals surface area contributed by atoms with Gasteiger partial charge in [0, 0.05) is 13.2 Å². The highest BCUT2D eigenvalue weighted by Gasteiger charge is 2.39. The van der Waals surface area contributed by atoms with Crippen LogP contribution in [-0.2, 0) is 9.53 Å². The normalized spacial score (nSPS) is 31.8. The quantitative estimate of drug-likeness (QED) is 0.751. The number of rotatable bonds is 4. The Hall–Kier alpha value is -0.610. The molecule has 0 aromatic heterocycles. The van der Waals surface area contributed by atoms with Crippen LogP contribution >= 0.6 is 0 Å². The van der Waals surface area contributed by atoms with E-state index in [1.807, 2.05) is 27.7 Å². The second-order valence-corrected chi connectivity index (χ2v) is 5.26. The van der Waals surface area contributed by atoms with Gasteiger partial charge < -0.3 is 15.8 Å². The lowest BCUT2D eigenvalue weighted by Gasteiger charge is -2.31. The third-order valence-corrected chi connectivity index (χ3v) is 3.69. The van der Waals surface area contributed by atoms with Gasteiger partial charge in [-0.3, -0.25) is 4.79 Å². The minimum Gasteiger partial charge on any atom is -0.376 e. The van der Waals surface area contributed by atoms with E-state index < -0.39 is 0 Å². The molecule has 3 atom stereocenters. The lowest BCUT2D eigenvalue weighted by molar-refractivity contribution is -0.128. The smallest absolute Gasteiger partial charge is 0.225 e. The highest BCUT2D eigenvalue weighted by Crippen LogP contribution is 2.26. The zero-order valence-corrected chi connectivity index (χ0v) is 10.7. The van der Waals surface area contributed by atoms with Crippen LogP contribution in [0.2, 0.25) is 0 Å². The molecule has 16 heavy (non-hydrogen) atoms. The molecule has 0 aliphatic carbocycles. The summed E-state index contributed by atoms with van der Waals surface area (Å²) in [4.78, 5) is 12.1. The van der Waals surface area contributed by atoms with Gasteiger partial charge in [-0.1, -0.05) is 13.8 Å². The first-order valence-corrected chi connectivity index (χ1v) is 6.04. The molecule has 1 rings (SSSR count). The second-order valence-electron chi connectivity index (χ2n) is 5.26. The molecule has 0 saturated carbocycles. The van der Waals surface area contributed by atoms with Crippen LogP contribution < -0.4 is 11.1 Å². The van der Waals surface area contributed by atoms with Crippen molar-refractivity contribution in [3.63, 3.8) is 0 Å². The molecule has 4 heteroatoms. The number of carbonyl (C=O) groups excluding carboxylic acids is 1. The predicted octanol–water partition coefficient (Wildman–Crippen LogP) is 0.901. The summed E-state index contributed by atoms with van der Waals surface area (Å²) in [5.74, 6) is 0.216. The van der Waals surface area contributed by atoms with Gasteiger partial charge in [-0.05, 0) is 26.2 Å². The Labute approximate surface area is 97.9 Å². The van der Waals surface area contributed by atoms with Gasteiger partial charge in [-0.25, -0.2) is 0 Å². The SMILES string of the molecule is CC(C)C(CN)C(=O)NC1(C)CCOC1C. The molecule has 1 saturated heterocycles. The van der Waals surface area contributed by atoms with Crippen LogP contribution in [0.25, 0.3) is 0 Å². The van der Waals surface area contributed by atoms with Crippen molar-refractivity contribution in [3.05, 3.63) is 0 Å². The van der Waals surface area contributed by atoms with Crippen LogP contribution in [0.1, 0.15) is 34.1 Å². The third kappa shape index (κ3) is 2.74. The summed E-state index contributed by atoms with van der Waals surface area (Å²) >= 11 is 0. The van der Waals surface area contributed by atoms with Crippen molar-refractivity contribution in [2.45, 2.75) is 45.8 Å². The third-order valence-electron chi connectivity index (χ3n) is 3.69. The standard InChI is InChI=1S/C12H24N2O2/c1-8(2)10(7-13)11(15)14-12(4)5-6-16-9(12)3/h8-10H,5-7,13H2,1-4H3,(H,14,15). The number of hydrogen-bond acceptors (Lipinski definition) is 3. The van der Waals surface area contributed by atoms with Crippen molar-refractivity contribution in [1.29, 1.82) is 0 Å². The van der Waals surface area contributed by atoms with Crippen LogP contribution in [0.15, 0.2) is 0 Å². The van der Waals surface area contributed by atoms with E-state index >= 15 is 0 Å². The van der Waals surface area contributed by atoms with E-state index in [0.29, 0.717) is 13.2 Å². The summed E-state index contributed by atoms with van der Waals surface area (Å²) in [5, 5.41) is 3.09. The first kappa shape index (κ1) is 13.5. The number of nitrogens with two attached hydrogens (primary N) is 1. The zero-order chi connectivity index (χ0) is 12.3. The summed E-state index contributed by atoms with van der Waals surface area (Å²) in [7, 11) is 0. The maximum Gasteiger partial charge on any atom is 0.225 e. The zero-order valence-electron chi connectivity index (χ0n) is 10.7. The molecule has 94 valence electrons. The van der Waals surface area contributed by atoms with E-state index in [9.17, 15) is 4.79 Å². The van der Waals surface area contributed by atoms with Crippen molar-refractivity contribution in [1.82, 2.24) is 5.32 Å². The van der Waals surface area contributed by atoms with Crippen molar-refractivity contribution < 1.29 is 9.53 Å². The first-order valence-electron chi connectivity index (χ1n) is 6.04. The van der Waals surface area contributed by atoms with Crippen LogP contribution in [0, 0.1) is 11.8 Å². The Kier molecular flexibility index (Phi) is 4.33. The fourth-order valence-electron chi connectivity index (χ4n) is 2.06. The van der Waals surface area contributed by atoms with E-state index in [1.165, 1.54) is 0 Å². The highest BCUT2D eigenvalue weighted by atomic mass is 16.5. The van der Waals surface area contributed by atoms with Crippen LogP contribution in [0.3, 0.4) is 0 Å². The number of ether oxygens (including phenoxy) is 1. The van der Waals surface area contributed by atoms with Crippen LogP contribution in [0.5, 0.6) is 0 Å². The maximum absolute atomic E-state index is 12.1. The average Bonchev–Trinajstić information content (AvgIpc) is 2.47. The molecule has 1 fully saturated rings. The molecule has 0 spiro atoms. The van der Waals surface area contributed by atoms with Crippen molar-refractivity contribution in [2.24, 2.45) is 17.6 Å². The summed E-state index contributed by atoms with van der Waals surface area (Å²) in [5.41, 5.74) is 5.40. The number of hydrogen-bond donors (Lipinski definition) is 2. The van der Waals surface area contributed by atoms with E-state index in [-0.39, 0.29) is 29.4 Å². The lowest BCUT2D eigenvalue weighted by Crippen LogP contribution is -2.54. The lowest BCUT2D eigenvalue weighted by atomic mass is 9.90. The van der Waals surface area contributed by atoms with E-state index in [4.69, 9.17) is 10.5 Å². The monoisotopic (exact) mass is 228 g/mol. The molecule has 1 heterocycles. The molecule has 1 aliphatic rings. The molecule has 0 aromatic carbocycles. The van der Waals surface area contributed by atoms with Crippen LogP contribution in [-0.4, -0.2) is 30.7 Å². The topological polar surface area (TPSA) is 64.4 Å². The average molecular weight is 228 g/mol. The van der Waals surface area contributed by atoms with Crippen molar-refractivity contribution in [3.8, 4) is 0 Å². The molecule has 0 radical (unpaired) electrons. The summed E-state index contributed by atoms with van der Waals surface area (Å²) < 4.78 is 5.50. The Morgan fingerprint density at radius 1 is 1.62 bits per heavy atom. The molecular weight excluding hydrogens is 204 g/mol. The van der Waals surface area contributed by atoms with Gasteiger partial charge in [0.25, 0.3) is 0 Å². The summed E-state index contributed by atoms with van der Waals surface area (Å²) in [6, 6.07) is 0. The fourth-order valence-corrected chi connectivity index (χ4v) is 2.06. The van der Waals surface area contributed by atoms with Gasteiger partial charge in [0.1, 0.15) is 0 Å². The molecule has 4 nitrogen and oxygen atoms in total. The molecule has 1 amide bonds. The summed E-state index contributed by atoms with van der Waals surface area (Å²) in [6.07, 6.45) is 0.942. The Morgan fingerprint density at radius 3 is 2.62 bits per heavy atom. The van der Waals surface area contributed by atoms with Gasteiger partial charge in [0.15, 0.2) is 0 Å². The van der Waals surface area contributed by atoms with Gasteiger partial charge in [0.05, 0.1) is 17.6 Å². The minimum atomic E-state index is -0.237. The molecule has 0 aromatic rings.